The molecule has 0 saturated heterocycles. The Balaban J connectivity index is 2.41. The molecule has 0 radical (unpaired) electrons. The van der Waals surface area contributed by atoms with Crippen LogP contribution in [0.25, 0.3) is 0 Å². The molecule has 0 atom stereocenters. The number of fused-ring (bicyclic) bond motifs is 2. The summed E-state index contributed by atoms with van der Waals surface area (Å²) in [5.74, 6) is 0. The second-order valence-electron chi connectivity index (χ2n) is 6.84. The lowest BCUT2D eigenvalue weighted by Crippen LogP contribution is -2.68. The molecule has 1 aliphatic rings. The maximum absolute atomic E-state index is 2.56. The van der Waals surface area contributed by atoms with Crippen molar-refractivity contribution in [3.63, 3.8) is 0 Å². The van der Waals surface area contributed by atoms with Crippen LogP contribution in [0.4, 0.5) is 11.4 Å². The van der Waals surface area contributed by atoms with Crippen molar-refractivity contribution < 1.29 is 0 Å². The lowest BCUT2D eigenvalue weighted by atomic mass is 10.2. The summed E-state index contributed by atoms with van der Waals surface area (Å²) in [5, 5.41) is 3.24. The molecule has 3 heteroatoms. The van der Waals surface area contributed by atoms with Crippen molar-refractivity contribution in [3.05, 3.63) is 48.5 Å². The van der Waals surface area contributed by atoms with Crippen molar-refractivity contribution >= 4 is 36.9 Å². The molecule has 0 bridgehead atoms. The first-order valence-electron chi connectivity index (χ1n) is 7.30. The molecule has 2 aromatic rings. The maximum atomic E-state index is 2.56. The predicted octanol–water partition coefficient (Wildman–Crippen LogP) is 3.38. The first-order valence-corrected chi connectivity index (χ1v) is 14.3. The van der Waals surface area contributed by atoms with Gasteiger partial charge in [0, 0.05) is 18.4 Å². The monoisotopic (exact) mass is 297 g/mol. The Kier molecular flexibility index (Phi) is 2.96. The van der Waals surface area contributed by atoms with Gasteiger partial charge in [-0.2, -0.15) is 0 Å². The van der Waals surface area contributed by atoms with Gasteiger partial charge >= 0.3 is 0 Å². The summed E-state index contributed by atoms with van der Waals surface area (Å²) >= 11 is 0. The van der Waals surface area contributed by atoms with Crippen LogP contribution in [-0.4, -0.2) is 22.2 Å². The number of hydrogen-bond acceptors (Lipinski definition) is 1. The molecule has 1 aliphatic heterocycles. The number of nitrogens with zero attached hydrogens (tertiary/aromatic N) is 1. The largest absolute Gasteiger partial charge is 0.345 e. The Labute approximate surface area is 124 Å². The summed E-state index contributed by atoms with van der Waals surface area (Å²) < 4.78 is 0. The normalized spacial score (nSPS) is 18.9. The average molecular weight is 298 g/mol. The van der Waals surface area contributed by atoms with Crippen molar-refractivity contribution in [2.75, 3.05) is 11.9 Å². The number of rotatable bonds is 0. The van der Waals surface area contributed by atoms with E-state index >= 15 is 0 Å². The van der Waals surface area contributed by atoms with Crippen molar-refractivity contribution in [1.82, 2.24) is 0 Å². The number of para-hydroxylation sites is 2. The van der Waals surface area contributed by atoms with Gasteiger partial charge in [-0.25, -0.2) is 0 Å². The molecule has 20 heavy (non-hydrogen) atoms. The SMILES string of the molecule is CN1c2ccccc2[Si](C)(C)[Si](C)(C)c2ccccc21. The van der Waals surface area contributed by atoms with Crippen LogP contribution < -0.4 is 15.3 Å². The third kappa shape index (κ3) is 1.66. The summed E-state index contributed by atoms with van der Waals surface area (Å²) in [7, 11) is -0.750. The molecule has 0 saturated carbocycles. The highest BCUT2D eigenvalue weighted by Crippen LogP contribution is 2.33. The van der Waals surface area contributed by atoms with E-state index in [0.29, 0.717) is 0 Å². The summed E-state index contributed by atoms with van der Waals surface area (Å²) in [6, 6.07) is 18.1. The van der Waals surface area contributed by atoms with E-state index in [2.05, 4.69) is 86.7 Å². The van der Waals surface area contributed by atoms with Crippen LogP contribution in [0.3, 0.4) is 0 Å². The van der Waals surface area contributed by atoms with E-state index in [1.54, 1.807) is 10.4 Å². The first kappa shape index (κ1) is 13.6. The number of hydrogen-bond donors (Lipinski definition) is 0. The molecule has 1 nitrogen and oxygen atoms in total. The lowest BCUT2D eigenvalue weighted by Gasteiger charge is -2.38. The molecule has 104 valence electrons. The predicted molar refractivity (Wildman–Crippen MR) is 95.2 cm³/mol. The Morgan fingerprint density at radius 1 is 0.650 bits per heavy atom. The van der Waals surface area contributed by atoms with Crippen molar-refractivity contribution in [3.8, 4) is 0 Å². The van der Waals surface area contributed by atoms with E-state index in [4.69, 9.17) is 0 Å². The van der Waals surface area contributed by atoms with Gasteiger partial charge in [-0.15, -0.1) is 0 Å². The van der Waals surface area contributed by atoms with E-state index in [-0.39, 0.29) is 0 Å². The minimum Gasteiger partial charge on any atom is -0.345 e. The van der Waals surface area contributed by atoms with Crippen LogP contribution in [-0.2, 0) is 0 Å². The molecule has 0 spiro atoms. The average Bonchev–Trinajstić information content (AvgIpc) is 2.50. The van der Waals surface area contributed by atoms with Gasteiger partial charge < -0.3 is 4.90 Å². The third-order valence-corrected chi connectivity index (χ3v) is 23.1. The molecule has 0 unspecified atom stereocenters. The molecule has 2 aromatic carbocycles. The van der Waals surface area contributed by atoms with Gasteiger partial charge in [0.15, 0.2) is 0 Å². The zero-order valence-electron chi connectivity index (χ0n) is 13.1. The fourth-order valence-corrected chi connectivity index (χ4v) is 12.9. The molecule has 1 heterocycles. The van der Waals surface area contributed by atoms with Crippen LogP contribution in [0.2, 0.25) is 26.2 Å². The van der Waals surface area contributed by atoms with Gasteiger partial charge in [0.05, 0.1) is 15.2 Å². The second-order valence-corrected chi connectivity index (χ2v) is 21.9. The molecule has 0 N–H and O–H groups in total. The Hall–Kier alpha value is -1.33. The fraction of sp³-hybridized carbons (Fsp3) is 0.294. The van der Waals surface area contributed by atoms with E-state index < -0.39 is 15.2 Å². The quantitative estimate of drug-likeness (QED) is 0.674. The van der Waals surface area contributed by atoms with Crippen LogP contribution in [0.1, 0.15) is 0 Å². The highest BCUT2D eigenvalue weighted by molar-refractivity contribution is 7.50. The molecule has 0 aromatic heterocycles. The Bertz CT molecular complexity index is 604. The highest BCUT2D eigenvalue weighted by atomic mass is 29.3. The molecular formula is C17H23NSi2. The van der Waals surface area contributed by atoms with Gasteiger partial charge in [0.1, 0.15) is 0 Å². The van der Waals surface area contributed by atoms with Gasteiger partial charge in [-0.1, -0.05) is 62.6 Å². The summed E-state index contributed by atoms with van der Waals surface area (Å²) in [4.78, 5) is 2.40. The number of anilines is 2. The molecule has 3 rings (SSSR count). The van der Waals surface area contributed by atoms with Gasteiger partial charge in [-0.05, 0) is 22.5 Å². The maximum Gasteiger partial charge on any atom is 0.0819 e. The molecule has 0 amide bonds. The van der Waals surface area contributed by atoms with Gasteiger partial charge in [0.2, 0.25) is 0 Å². The van der Waals surface area contributed by atoms with Crippen molar-refractivity contribution in [2.45, 2.75) is 26.2 Å². The first-order chi connectivity index (χ1) is 9.37. The van der Waals surface area contributed by atoms with E-state index in [0.717, 1.165) is 0 Å². The zero-order chi connectivity index (χ0) is 14.5. The summed E-state index contributed by atoms with van der Waals surface area (Å²) in [5.41, 5.74) is 2.82. The third-order valence-electron chi connectivity index (χ3n) is 5.44. The summed E-state index contributed by atoms with van der Waals surface area (Å²) in [6.45, 7) is 10.3. The van der Waals surface area contributed by atoms with Gasteiger partial charge in [-0.3, -0.25) is 0 Å². The standard InChI is InChI=1S/C17H23NSi2/c1-18-14-10-6-8-12-16(14)19(2,3)20(4,5)17-13-9-7-11-15(17)18/h6-13H,1-5H3. The molecule has 0 aliphatic carbocycles. The summed E-state index contributed by atoms with van der Waals surface area (Å²) in [6.07, 6.45) is 0. The zero-order valence-corrected chi connectivity index (χ0v) is 15.1. The van der Waals surface area contributed by atoms with Crippen LogP contribution >= 0.6 is 0 Å². The van der Waals surface area contributed by atoms with Crippen LogP contribution in [0, 0.1) is 0 Å². The van der Waals surface area contributed by atoms with Crippen molar-refractivity contribution in [2.24, 2.45) is 0 Å². The second kappa shape index (κ2) is 4.33. The highest BCUT2D eigenvalue weighted by Gasteiger charge is 2.48. The molecular weight excluding hydrogens is 274 g/mol. The molecule has 0 fully saturated rings. The topological polar surface area (TPSA) is 3.24 Å². The van der Waals surface area contributed by atoms with E-state index in [1.807, 2.05) is 0 Å². The van der Waals surface area contributed by atoms with Crippen molar-refractivity contribution in [1.29, 1.82) is 0 Å². The fourth-order valence-electron chi connectivity index (χ4n) is 3.39. The van der Waals surface area contributed by atoms with E-state index in [1.165, 1.54) is 11.4 Å². The lowest BCUT2D eigenvalue weighted by molar-refractivity contribution is 1.23. The van der Waals surface area contributed by atoms with Gasteiger partial charge in [0.25, 0.3) is 0 Å². The van der Waals surface area contributed by atoms with Crippen LogP contribution in [0.5, 0.6) is 0 Å². The Morgan fingerprint density at radius 3 is 1.40 bits per heavy atom. The smallest absolute Gasteiger partial charge is 0.0819 e. The van der Waals surface area contributed by atoms with E-state index in [9.17, 15) is 0 Å². The Morgan fingerprint density at radius 2 is 1.00 bits per heavy atom. The van der Waals surface area contributed by atoms with Crippen LogP contribution in [0.15, 0.2) is 48.5 Å². The number of benzene rings is 2. The minimum absolute atomic E-state index is 1.41. The minimum atomic E-state index is -1.48.